The average molecular weight is 215 g/mol. The molecular weight excluding hydrogens is 200 g/mol. The lowest BCUT2D eigenvalue weighted by Gasteiger charge is -2.09. The van der Waals surface area contributed by atoms with E-state index in [9.17, 15) is 4.79 Å². The van der Waals surface area contributed by atoms with Crippen molar-refractivity contribution in [3.63, 3.8) is 0 Å². The lowest BCUT2D eigenvalue weighted by atomic mass is 10.1. The Morgan fingerprint density at radius 1 is 1.57 bits per heavy atom. The van der Waals surface area contributed by atoms with Gasteiger partial charge in [0.25, 0.3) is 5.56 Å². The molecule has 1 atom stereocenters. The van der Waals surface area contributed by atoms with Gasteiger partial charge in [-0.3, -0.25) is 4.79 Å². The van der Waals surface area contributed by atoms with Crippen molar-refractivity contribution in [1.82, 2.24) is 9.78 Å². The van der Waals surface area contributed by atoms with Crippen molar-refractivity contribution in [2.75, 3.05) is 5.88 Å². The molecular formula is C10H15ClN2O. The molecule has 1 aromatic heterocycles. The predicted octanol–water partition coefficient (Wildman–Crippen LogP) is 1.90. The van der Waals surface area contributed by atoms with E-state index in [1.165, 1.54) is 10.7 Å². The summed E-state index contributed by atoms with van der Waals surface area (Å²) in [6, 6.07) is 3.18. The van der Waals surface area contributed by atoms with Crippen LogP contribution in [0.3, 0.4) is 0 Å². The average Bonchev–Trinajstić information content (AvgIpc) is 2.17. The third-order valence-electron chi connectivity index (χ3n) is 2.22. The third-order valence-corrected chi connectivity index (χ3v) is 2.44. The van der Waals surface area contributed by atoms with Crippen LogP contribution < -0.4 is 5.56 Å². The lowest BCUT2D eigenvalue weighted by molar-refractivity contribution is 0.439. The Hall–Kier alpha value is -0.830. The smallest absolute Gasteiger partial charge is 0.266 e. The SMILES string of the molecule is CC(CCCl)CCn1ncccc1=O. The van der Waals surface area contributed by atoms with E-state index in [-0.39, 0.29) is 5.56 Å². The Morgan fingerprint density at radius 3 is 3.00 bits per heavy atom. The third kappa shape index (κ3) is 3.50. The van der Waals surface area contributed by atoms with Crippen molar-refractivity contribution in [2.24, 2.45) is 5.92 Å². The Morgan fingerprint density at radius 2 is 2.36 bits per heavy atom. The molecule has 3 nitrogen and oxygen atoms in total. The van der Waals surface area contributed by atoms with Gasteiger partial charge in [-0.2, -0.15) is 5.10 Å². The number of halogens is 1. The van der Waals surface area contributed by atoms with E-state index in [1.54, 1.807) is 12.3 Å². The number of aromatic nitrogens is 2. The van der Waals surface area contributed by atoms with E-state index in [0.717, 1.165) is 12.8 Å². The molecule has 0 aliphatic heterocycles. The van der Waals surface area contributed by atoms with E-state index >= 15 is 0 Å². The minimum Gasteiger partial charge on any atom is -0.268 e. The minimum atomic E-state index is -0.0365. The maximum atomic E-state index is 11.3. The first-order valence-corrected chi connectivity index (χ1v) is 5.35. The molecule has 0 aliphatic rings. The highest BCUT2D eigenvalue weighted by atomic mass is 35.5. The highest BCUT2D eigenvalue weighted by Gasteiger charge is 2.02. The molecule has 0 fully saturated rings. The van der Waals surface area contributed by atoms with E-state index in [4.69, 9.17) is 11.6 Å². The van der Waals surface area contributed by atoms with Gasteiger partial charge < -0.3 is 0 Å². The van der Waals surface area contributed by atoms with Gasteiger partial charge in [-0.1, -0.05) is 6.92 Å². The molecule has 0 saturated heterocycles. The fraction of sp³-hybridized carbons (Fsp3) is 0.600. The highest BCUT2D eigenvalue weighted by molar-refractivity contribution is 6.17. The fourth-order valence-electron chi connectivity index (χ4n) is 1.23. The molecule has 78 valence electrons. The zero-order valence-corrected chi connectivity index (χ0v) is 9.07. The molecule has 0 aliphatic carbocycles. The lowest BCUT2D eigenvalue weighted by Crippen LogP contribution is -2.22. The molecule has 0 radical (unpaired) electrons. The fourth-order valence-corrected chi connectivity index (χ4v) is 1.60. The summed E-state index contributed by atoms with van der Waals surface area (Å²) in [5, 5.41) is 3.98. The maximum absolute atomic E-state index is 11.3. The molecule has 4 heteroatoms. The topological polar surface area (TPSA) is 34.9 Å². The van der Waals surface area contributed by atoms with Crippen molar-refractivity contribution in [1.29, 1.82) is 0 Å². The number of nitrogens with zero attached hydrogens (tertiary/aromatic N) is 2. The molecule has 0 bridgehead atoms. The van der Waals surface area contributed by atoms with Crippen LogP contribution in [0.1, 0.15) is 19.8 Å². The first-order valence-electron chi connectivity index (χ1n) is 4.82. The van der Waals surface area contributed by atoms with Crippen LogP contribution in [0.2, 0.25) is 0 Å². The summed E-state index contributed by atoms with van der Waals surface area (Å²) >= 11 is 5.63. The van der Waals surface area contributed by atoms with Gasteiger partial charge in [-0.05, 0) is 24.8 Å². The van der Waals surface area contributed by atoms with E-state index in [0.29, 0.717) is 18.3 Å². The van der Waals surface area contributed by atoms with Crippen LogP contribution in [0.25, 0.3) is 0 Å². The molecule has 1 unspecified atom stereocenters. The number of alkyl halides is 1. The van der Waals surface area contributed by atoms with Crippen molar-refractivity contribution < 1.29 is 0 Å². The summed E-state index contributed by atoms with van der Waals surface area (Å²) in [7, 11) is 0. The van der Waals surface area contributed by atoms with Gasteiger partial charge in [-0.25, -0.2) is 4.68 Å². The summed E-state index contributed by atoms with van der Waals surface area (Å²) < 4.78 is 1.49. The minimum absolute atomic E-state index is 0.0365. The summed E-state index contributed by atoms with van der Waals surface area (Å²) in [5.74, 6) is 1.22. The molecule has 1 heterocycles. The van der Waals surface area contributed by atoms with Crippen molar-refractivity contribution in [3.8, 4) is 0 Å². The zero-order chi connectivity index (χ0) is 10.4. The summed E-state index contributed by atoms with van der Waals surface area (Å²) in [4.78, 5) is 11.3. The molecule has 1 aromatic rings. The Balaban J connectivity index is 2.46. The Labute approximate surface area is 88.7 Å². The second-order valence-corrected chi connectivity index (χ2v) is 3.83. The molecule has 0 amide bonds. The predicted molar refractivity (Wildman–Crippen MR) is 57.6 cm³/mol. The molecule has 0 spiro atoms. The Kier molecular flexibility index (Phi) is 4.66. The van der Waals surface area contributed by atoms with Crippen LogP contribution in [0.4, 0.5) is 0 Å². The largest absolute Gasteiger partial charge is 0.268 e. The molecule has 1 rings (SSSR count). The van der Waals surface area contributed by atoms with Gasteiger partial charge in [0.05, 0.1) is 0 Å². The summed E-state index contributed by atoms with van der Waals surface area (Å²) in [6.07, 6.45) is 3.57. The van der Waals surface area contributed by atoms with Gasteiger partial charge >= 0.3 is 0 Å². The van der Waals surface area contributed by atoms with Crippen LogP contribution in [0.15, 0.2) is 23.1 Å². The first-order chi connectivity index (χ1) is 6.74. The van der Waals surface area contributed by atoms with Gasteiger partial charge in [0, 0.05) is 24.7 Å². The normalized spacial score (nSPS) is 12.7. The molecule has 0 N–H and O–H groups in total. The molecule has 0 aromatic carbocycles. The zero-order valence-electron chi connectivity index (χ0n) is 8.32. The second-order valence-electron chi connectivity index (χ2n) is 3.46. The van der Waals surface area contributed by atoms with E-state index in [1.807, 2.05) is 0 Å². The van der Waals surface area contributed by atoms with Crippen molar-refractivity contribution in [3.05, 3.63) is 28.7 Å². The highest BCUT2D eigenvalue weighted by Crippen LogP contribution is 2.08. The van der Waals surface area contributed by atoms with Gasteiger partial charge in [-0.15, -0.1) is 11.6 Å². The first kappa shape index (κ1) is 11.2. The molecule has 0 saturated carbocycles. The summed E-state index contributed by atoms with van der Waals surface area (Å²) in [5.41, 5.74) is -0.0365. The van der Waals surface area contributed by atoms with Crippen LogP contribution in [0, 0.1) is 5.92 Å². The number of hydrogen-bond donors (Lipinski definition) is 0. The Bertz CT molecular complexity index is 324. The number of rotatable bonds is 5. The van der Waals surface area contributed by atoms with E-state index in [2.05, 4.69) is 12.0 Å². The molecule has 14 heavy (non-hydrogen) atoms. The number of hydrogen-bond acceptors (Lipinski definition) is 2. The van der Waals surface area contributed by atoms with Crippen LogP contribution in [0.5, 0.6) is 0 Å². The van der Waals surface area contributed by atoms with Crippen LogP contribution in [-0.2, 0) is 6.54 Å². The van der Waals surface area contributed by atoms with Crippen LogP contribution >= 0.6 is 11.6 Å². The van der Waals surface area contributed by atoms with Gasteiger partial charge in [0.15, 0.2) is 0 Å². The second kappa shape index (κ2) is 5.81. The number of aryl methyl sites for hydroxylation is 1. The quantitative estimate of drug-likeness (QED) is 0.702. The van der Waals surface area contributed by atoms with Crippen LogP contribution in [-0.4, -0.2) is 15.7 Å². The standard InChI is InChI=1S/C10H15ClN2O/c1-9(4-6-11)5-8-13-10(14)3-2-7-12-13/h2-3,7,9H,4-6,8H2,1H3. The van der Waals surface area contributed by atoms with E-state index < -0.39 is 0 Å². The van der Waals surface area contributed by atoms with Crippen molar-refractivity contribution in [2.45, 2.75) is 26.3 Å². The van der Waals surface area contributed by atoms with Crippen molar-refractivity contribution >= 4 is 11.6 Å². The van der Waals surface area contributed by atoms with Gasteiger partial charge in [0.1, 0.15) is 0 Å². The maximum Gasteiger partial charge on any atom is 0.266 e. The van der Waals surface area contributed by atoms with Gasteiger partial charge in [0.2, 0.25) is 0 Å². The monoisotopic (exact) mass is 214 g/mol. The summed E-state index contributed by atoms with van der Waals surface area (Å²) in [6.45, 7) is 2.81.